The number of hydrazone groups is 1. The van der Waals surface area contributed by atoms with E-state index in [1.54, 1.807) is 0 Å². The van der Waals surface area contributed by atoms with Gasteiger partial charge in [-0.15, -0.1) is 0 Å². The summed E-state index contributed by atoms with van der Waals surface area (Å²) in [4.78, 5) is 12.1. The second kappa shape index (κ2) is 6.00. The van der Waals surface area contributed by atoms with E-state index in [-0.39, 0.29) is 5.91 Å². The second-order valence-electron chi connectivity index (χ2n) is 5.51. The zero-order valence-corrected chi connectivity index (χ0v) is 12.0. The predicted octanol–water partition coefficient (Wildman–Crippen LogP) is 3.60. The lowest BCUT2D eigenvalue weighted by atomic mass is 9.89. The molecule has 1 N–H and O–H groups in total. The van der Waals surface area contributed by atoms with Crippen LogP contribution >= 0.6 is 0 Å². The molecule has 102 valence electrons. The van der Waals surface area contributed by atoms with E-state index in [1.165, 1.54) is 24.8 Å². The maximum atomic E-state index is 12.1. The third-order valence-corrected chi connectivity index (χ3v) is 3.82. The molecule has 2 rings (SSSR count). The molecule has 0 bridgehead atoms. The van der Waals surface area contributed by atoms with E-state index in [1.807, 2.05) is 32.0 Å². The molecule has 0 heterocycles. The molecule has 1 aliphatic rings. The van der Waals surface area contributed by atoms with Crippen molar-refractivity contribution >= 4 is 11.6 Å². The Morgan fingerprint density at radius 3 is 2.79 bits per heavy atom. The Bertz CT molecular complexity index is 505. The molecule has 0 spiro atoms. The zero-order valence-electron chi connectivity index (χ0n) is 12.0. The highest BCUT2D eigenvalue weighted by Crippen LogP contribution is 2.20. The van der Waals surface area contributed by atoms with Gasteiger partial charge in [0.05, 0.1) is 0 Å². The van der Waals surface area contributed by atoms with Crippen molar-refractivity contribution < 1.29 is 4.79 Å². The summed E-state index contributed by atoms with van der Waals surface area (Å²) in [5.41, 5.74) is 6.71. The number of benzene rings is 1. The van der Waals surface area contributed by atoms with Crippen LogP contribution in [-0.4, -0.2) is 11.6 Å². The minimum absolute atomic E-state index is 0.109. The smallest absolute Gasteiger partial charge is 0.267 e. The number of rotatable bonds is 2. The summed E-state index contributed by atoms with van der Waals surface area (Å²) in [5.74, 6) is 0.385. The minimum atomic E-state index is -0.109. The Morgan fingerprint density at radius 2 is 2.11 bits per heavy atom. The summed E-state index contributed by atoms with van der Waals surface area (Å²) < 4.78 is 0. The molecule has 0 unspecified atom stereocenters. The number of carbonyl (C=O) groups excluding carboxylic acids is 1. The number of amides is 1. The number of aryl methyl sites for hydroxylation is 2. The first kappa shape index (κ1) is 13.8. The quantitative estimate of drug-likeness (QED) is 0.809. The molecule has 19 heavy (non-hydrogen) atoms. The van der Waals surface area contributed by atoms with Gasteiger partial charge in [0.25, 0.3) is 5.91 Å². The highest BCUT2D eigenvalue weighted by molar-refractivity contribution is 5.97. The van der Waals surface area contributed by atoms with Gasteiger partial charge in [0.15, 0.2) is 0 Å². The standard InChI is InChI=1S/C16H22N2O/c1-11-8-9-14(13(3)10-11)16(19)18-17-15-7-5-4-6-12(15)2/h8-10,12H,4-7H2,1-3H3,(H,18,19)/b17-15-/t12-/m0/s1. The first-order valence-corrected chi connectivity index (χ1v) is 7.02. The summed E-state index contributed by atoms with van der Waals surface area (Å²) in [5, 5.41) is 4.32. The van der Waals surface area contributed by atoms with Crippen molar-refractivity contribution in [1.29, 1.82) is 0 Å². The van der Waals surface area contributed by atoms with E-state index in [2.05, 4.69) is 17.5 Å². The van der Waals surface area contributed by atoms with Crippen molar-refractivity contribution in [1.82, 2.24) is 5.43 Å². The Labute approximate surface area is 115 Å². The fraction of sp³-hybridized carbons (Fsp3) is 0.500. The lowest BCUT2D eigenvalue weighted by molar-refractivity contribution is 0.0954. The molecule has 1 atom stereocenters. The number of carbonyl (C=O) groups is 1. The first-order valence-electron chi connectivity index (χ1n) is 7.02. The SMILES string of the molecule is Cc1ccc(C(=O)N/N=C2/CCCC[C@@H]2C)c(C)c1. The lowest BCUT2D eigenvalue weighted by Gasteiger charge is -2.19. The second-order valence-corrected chi connectivity index (χ2v) is 5.51. The molecule has 3 heteroatoms. The van der Waals surface area contributed by atoms with Crippen LogP contribution in [0.5, 0.6) is 0 Å². The fourth-order valence-corrected chi connectivity index (χ4v) is 2.59. The van der Waals surface area contributed by atoms with Gasteiger partial charge in [0.1, 0.15) is 0 Å². The van der Waals surface area contributed by atoms with Crippen LogP contribution in [0.3, 0.4) is 0 Å². The molecule has 1 saturated carbocycles. The molecule has 0 radical (unpaired) electrons. The van der Waals surface area contributed by atoms with Crippen molar-refractivity contribution in [2.45, 2.75) is 46.5 Å². The summed E-state index contributed by atoms with van der Waals surface area (Å²) in [6, 6.07) is 5.84. The maximum absolute atomic E-state index is 12.1. The van der Waals surface area contributed by atoms with Crippen LogP contribution in [0.2, 0.25) is 0 Å². The summed E-state index contributed by atoms with van der Waals surface area (Å²) >= 11 is 0. The Morgan fingerprint density at radius 1 is 1.32 bits per heavy atom. The highest BCUT2D eigenvalue weighted by atomic mass is 16.2. The van der Waals surface area contributed by atoms with E-state index in [4.69, 9.17) is 0 Å². The van der Waals surface area contributed by atoms with Crippen LogP contribution in [0.1, 0.15) is 54.1 Å². The molecule has 0 aromatic heterocycles. The number of nitrogens with zero attached hydrogens (tertiary/aromatic N) is 1. The van der Waals surface area contributed by atoms with Crippen LogP contribution in [0.4, 0.5) is 0 Å². The zero-order chi connectivity index (χ0) is 13.8. The van der Waals surface area contributed by atoms with Gasteiger partial charge in [-0.05, 0) is 50.7 Å². The third kappa shape index (κ3) is 3.43. The van der Waals surface area contributed by atoms with Gasteiger partial charge in [-0.25, -0.2) is 5.43 Å². The maximum Gasteiger partial charge on any atom is 0.271 e. The van der Waals surface area contributed by atoms with Gasteiger partial charge >= 0.3 is 0 Å². The number of hydrogen-bond acceptors (Lipinski definition) is 2. The number of nitrogens with one attached hydrogen (secondary N) is 1. The normalized spacial score (nSPS) is 21.4. The van der Waals surface area contributed by atoms with E-state index < -0.39 is 0 Å². The molecular formula is C16H22N2O. The molecule has 0 saturated heterocycles. The molecule has 1 aromatic carbocycles. The molecule has 3 nitrogen and oxygen atoms in total. The van der Waals surface area contributed by atoms with Gasteiger partial charge in [0.2, 0.25) is 0 Å². The minimum Gasteiger partial charge on any atom is -0.267 e. The average Bonchev–Trinajstić information content (AvgIpc) is 2.37. The fourth-order valence-electron chi connectivity index (χ4n) is 2.59. The molecule has 1 aromatic rings. The summed E-state index contributed by atoms with van der Waals surface area (Å²) in [6.07, 6.45) is 4.64. The largest absolute Gasteiger partial charge is 0.271 e. The van der Waals surface area contributed by atoms with E-state index in [0.29, 0.717) is 11.5 Å². The van der Waals surface area contributed by atoms with Crippen molar-refractivity contribution in [3.63, 3.8) is 0 Å². The van der Waals surface area contributed by atoms with Crippen LogP contribution < -0.4 is 5.43 Å². The molecule has 1 amide bonds. The van der Waals surface area contributed by atoms with Crippen molar-refractivity contribution in [3.8, 4) is 0 Å². The Balaban J connectivity index is 2.06. The average molecular weight is 258 g/mol. The van der Waals surface area contributed by atoms with E-state index in [9.17, 15) is 4.79 Å². The number of hydrogen-bond donors (Lipinski definition) is 1. The molecule has 1 aliphatic carbocycles. The molecule has 1 fully saturated rings. The summed E-state index contributed by atoms with van der Waals surface area (Å²) in [7, 11) is 0. The van der Waals surface area contributed by atoms with Gasteiger partial charge < -0.3 is 0 Å². The van der Waals surface area contributed by atoms with Crippen molar-refractivity contribution in [2.24, 2.45) is 11.0 Å². The highest BCUT2D eigenvalue weighted by Gasteiger charge is 2.16. The van der Waals surface area contributed by atoms with Crippen LogP contribution in [-0.2, 0) is 0 Å². The molecule has 0 aliphatic heterocycles. The Hall–Kier alpha value is -1.64. The van der Waals surface area contributed by atoms with E-state index >= 15 is 0 Å². The summed E-state index contributed by atoms with van der Waals surface area (Å²) in [6.45, 7) is 6.16. The predicted molar refractivity (Wildman–Crippen MR) is 78.4 cm³/mol. The lowest BCUT2D eigenvalue weighted by Crippen LogP contribution is -2.24. The Kier molecular flexibility index (Phi) is 4.35. The van der Waals surface area contributed by atoms with Crippen molar-refractivity contribution in [2.75, 3.05) is 0 Å². The monoisotopic (exact) mass is 258 g/mol. The van der Waals surface area contributed by atoms with E-state index in [0.717, 1.165) is 17.7 Å². The van der Waals surface area contributed by atoms with Crippen LogP contribution in [0.15, 0.2) is 23.3 Å². The van der Waals surface area contributed by atoms with Crippen LogP contribution in [0, 0.1) is 19.8 Å². The third-order valence-electron chi connectivity index (χ3n) is 3.82. The van der Waals surface area contributed by atoms with Gasteiger partial charge in [0, 0.05) is 11.3 Å². The molecular weight excluding hydrogens is 236 g/mol. The van der Waals surface area contributed by atoms with Crippen LogP contribution in [0.25, 0.3) is 0 Å². The van der Waals surface area contributed by atoms with Gasteiger partial charge in [-0.3, -0.25) is 4.79 Å². The van der Waals surface area contributed by atoms with Gasteiger partial charge in [-0.1, -0.05) is 31.0 Å². The van der Waals surface area contributed by atoms with Gasteiger partial charge in [-0.2, -0.15) is 5.10 Å². The van der Waals surface area contributed by atoms with Crippen molar-refractivity contribution in [3.05, 3.63) is 34.9 Å². The first-order chi connectivity index (χ1) is 9.08. The topological polar surface area (TPSA) is 41.5 Å².